The van der Waals surface area contributed by atoms with Gasteiger partial charge in [0.05, 0.1) is 19.3 Å². The molecule has 1 aromatic carbocycles. The van der Waals surface area contributed by atoms with Crippen molar-refractivity contribution in [2.24, 2.45) is 5.73 Å². The fourth-order valence-corrected chi connectivity index (χ4v) is 2.68. The number of methoxy groups -OCH3 is 1. The molecule has 2 aromatic rings. The van der Waals surface area contributed by atoms with Crippen LogP contribution >= 0.6 is 0 Å². The molecule has 0 aliphatic carbocycles. The van der Waals surface area contributed by atoms with E-state index < -0.39 is 11.8 Å². The first-order valence-corrected chi connectivity index (χ1v) is 8.52. The normalized spacial score (nSPS) is 10.7. The Morgan fingerprint density at radius 3 is 2.50 bits per heavy atom. The van der Waals surface area contributed by atoms with Gasteiger partial charge in [-0.3, -0.25) is 19.7 Å². The molecule has 0 fully saturated rings. The minimum atomic E-state index is -0.863. The molecule has 2 rings (SSSR count). The zero-order valence-corrected chi connectivity index (χ0v) is 16.1. The molecular weight excluding hydrogens is 364 g/mol. The van der Waals surface area contributed by atoms with Gasteiger partial charge in [-0.25, -0.2) is 0 Å². The summed E-state index contributed by atoms with van der Waals surface area (Å²) in [5, 5.41) is 2.44. The van der Waals surface area contributed by atoms with Crippen LogP contribution in [0, 0.1) is 6.92 Å². The first kappa shape index (κ1) is 20.8. The predicted octanol–water partition coefficient (Wildman–Crippen LogP) is 2.95. The van der Waals surface area contributed by atoms with Crippen LogP contribution in [0.4, 0.5) is 5.88 Å². The number of aryl methyl sites for hydroxylation is 1. The van der Waals surface area contributed by atoms with Crippen molar-refractivity contribution in [2.75, 3.05) is 19.0 Å². The van der Waals surface area contributed by atoms with Crippen LogP contribution < -0.4 is 20.5 Å². The molecule has 1 heterocycles. The van der Waals surface area contributed by atoms with E-state index in [1.165, 1.54) is 27.0 Å². The lowest BCUT2D eigenvalue weighted by atomic mass is 10.1. The largest absolute Gasteiger partial charge is 0.493 e. The average molecular weight is 386 g/mol. The van der Waals surface area contributed by atoms with Gasteiger partial charge in [-0.1, -0.05) is 6.07 Å². The van der Waals surface area contributed by atoms with Gasteiger partial charge in [-0.2, -0.15) is 0 Å². The highest BCUT2D eigenvalue weighted by molar-refractivity contribution is 6.13. The molecule has 0 unspecified atom stereocenters. The zero-order chi connectivity index (χ0) is 20.8. The van der Waals surface area contributed by atoms with Gasteiger partial charge < -0.3 is 19.6 Å². The molecule has 0 bridgehead atoms. The maximum absolute atomic E-state index is 12.2. The highest BCUT2D eigenvalue weighted by Crippen LogP contribution is 2.29. The molecular formula is C20H22N2O6. The highest BCUT2D eigenvalue weighted by atomic mass is 16.5. The van der Waals surface area contributed by atoms with Gasteiger partial charge in [0.15, 0.2) is 17.3 Å². The Morgan fingerprint density at radius 1 is 1.21 bits per heavy atom. The molecule has 0 spiro atoms. The van der Waals surface area contributed by atoms with E-state index in [0.29, 0.717) is 23.7 Å². The number of ketones is 1. The van der Waals surface area contributed by atoms with Gasteiger partial charge >= 0.3 is 0 Å². The van der Waals surface area contributed by atoms with Crippen molar-refractivity contribution in [2.45, 2.75) is 20.8 Å². The summed E-state index contributed by atoms with van der Waals surface area (Å²) in [7, 11) is 1.52. The Hall–Kier alpha value is -3.55. The molecule has 2 amide bonds. The number of hydrogen-bond donors (Lipinski definition) is 2. The molecule has 148 valence electrons. The van der Waals surface area contributed by atoms with Gasteiger partial charge in [0, 0.05) is 6.08 Å². The monoisotopic (exact) mass is 386 g/mol. The van der Waals surface area contributed by atoms with Gasteiger partial charge in [0.2, 0.25) is 5.88 Å². The Bertz CT molecular complexity index is 942. The fourth-order valence-electron chi connectivity index (χ4n) is 2.68. The number of primary amides is 1. The van der Waals surface area contributed by atoms with Gasteiger partial charge in [-0.05, 0) is 44.5 Å². The lowest BCUT2D eigenvalue weighted by Crippen LogP contribution is -2.18. The topological polar surface area (TPSA) is 121 Å². The van der Waals surface area contributed by atoms with Crippen LogP contribution in [-0.2, 0) is 4.79 Å². The second-order valence-corrected chi connectivity index (χ2v) is 5.82. The molecule has 8 nitrogen and oxygen atoms in total. The SMILES string of the molecule is CCOc1ccc(/C=C/C(=O)Nc2oc(C)c(C(C)=O)c2C(N)=O)cc1OC. The third-order valence-corrected chi connectivity index (χ3v) is 3.83. The number of ether oxygens (including phenoxy) is 2. The number of nitrogens with one attached hydrogen (secondary N) is 1. The van der Waals surface area contributed by atoms with E-state index in [-0.39, 0.29) is 28.6 Å². The molecule has 0 aliphatic rings. The van der Waals surface area contributed by atoms with E-state index >= 15 is 0 Å². The van der Waals surface area contributed by atoms with Crippen LogP contribution in [0.15, 0.2) is 28.7 Å². The quantitative estimate of drug-likeness (QED) is 0.531. The minimum absolute atomic E-state index is 0.0584. The molecule has 0 radical (unpaired) electrons. The van der Waals surface area contributed by atoms with Crippen molar-refractivity contribution < 1.29 is 28.3 Å². The Balaban J connectivity index is 2.22. The van der Waals surface area contributed by atoms with Crippen LogP contribution in [0.5, 0.6) is 11.5 Å². The van der Waals surface area contributed by atoms with Gasteiger partial charge in [-0.15, -0.1) is 0 Å². The number of anilines is 1. The molecule has 28 heavy (non-hydrogen) atoms. The molecule has 1 aromatic heterocycles. The number of carbonyl (C=O) groups is 3. The average Bonchev–Trinajstić information content (AvgIpc) is 2.97. The second kappa shape index (κ2) is 8.90. The maximum Gasteiger partial charge on any atom is 0.255 e. The summed E-state index contributed by atoms with van der Waals surface area (Å²) in [5.41, 5.74) is 5.95. The summed E-state index contributed by atoms with van der Waals surface area (Å²) in [6.45, 7) is 5.17. The number of benzene rings is 1. The van der Waals surface area contributed by atoms with E-state index in [0.717, 1.165) is 0 Å². The summed E-state index contributed by atoms with van der Waals surface area (Å²) >= 11 is 0. The lowest BCUT2D eigenvalue weighted by Gasteiger charge is -2.09. The van der Waals surface area contributed by atoms with Crippen LogP contribution in [0.25, 0.3) is 6.08 Å². The summed E-state index contributed by atoms with van der Waals surface area (Å²) in [6.07, 6.45) is 2.81. The smallest absolute Gasteiger partial charge is 0.255 e. The van der Waals surface area contributed by atoms with E-state index in [1.54, 1.807) is 24.3 Å². The molecule has 3 N–H and O–H groups in total. The van der Waals surface area contributed by atoms with Crippen LogP contribution in [0.2, 0.25) is 0 Å². The van der Waals surface area contributed by atoms with E-state index in [2.05, 4.69) is 5.32 Å². The van der Waals surface area contributed by atoms with Crippen molar-refractivity contribution in [1.29, 1.82) is 0 Å². The number of carbonyl (C=O) groups excluding carboxylic acids is 3. The highest BCUT2D eigenvalue weighted by Gasteiger charge is 2.25. The first-order valence-electron chi connectivity index (χ1n) is 8.52. The zero-order valence-electron chi connectivity index (χ0n) is 16.1. The van der Waals surface area contributed by atoms with Crippen molar-refractivity contribution in [3.63, 3.8) is 0 Å². The van der Waals surface area contributed by atoms with Crippen molar-refractivity contribution >= 4 is 29.6 Å². The number of rotatable bonds is 8. The number of hydrogen-bond acceptors (Lipinski definition) is 6. The Kier molecular flexibility index (Phi) is 6.59. The van der Waals surface area contributed by atoms with Crippen molar-refractivity contribution in [3.05, 3.63) is 46.7 Å². The summed E-state index contributed by atoms with van der Waals surface area (Å²) in [6, 6.07) is 5.21. The summed E-state index contributed by atoms with van der Waals surface area (Å²) < 4.78 is 16.1. The molecule has 0 aliphatic heterocycles. The van der Waals surface area contributed by atoms with Crippen LogP contribution in [0.1, 0.15) is 45.9 Å². The predicted molar refractivity (Wildman–Crippen MR) is 104 cm³/mol. The first-order chi connectivity index (χ1) is 13.3. The van der Waals surface area contributed by atoms with E-state index in [1.807, 2.05) is 6.92 Å². The maximum atomic E-state index is 12.2. The number of furan rings is 1. The number of nitrogens with two attached hydrogens (primary N) is 1. The molecule has 0 saturated carbocycles. The standard InChI is InChI=1S/C20H22N2O6/c1-5-27-14-8-6-13(10-15(14)26-4)7-9-16(24)22-20-18(19(21)25)17(11(2)23)12(3)28-20/h6-10H,5H2,1-4H3,(H2,21,25)(H,22,24)/b9-7+. The summed E-state index contributed by atoms with van der Waals surface area (Å²) in [5.74, 6) is -0.621. The van der Waals surface area contributed by atoms with Crippen molar-refractivity contribution in [3.8, 4) is 11.5 Å². The third-order valence-electron chi connectivity index (χ3n) is 3.83. The second-order valence-electron chi connectivity index (χ2n) is 5.82. The van der Waals surface area contributed by atoms with E-state index in [4.69, 9.17) is 19.6 Å². The Labute approximate surface area is 162 Å². The van der Waals surface area contributed by atoms with Crippen LogP contribution in [0.3, 0.4) is 0 Å². The van der Waals surface area contributed by atoms with Crippen molar-refractivity contribution in [1.82, 2.24) is 0 Å². The molecule has 8 heteroatoms. The minimum Gasteiger partial charge on any atom is -0.493 e. The van der Waals surface area contributed by atoms with Gasteiger partial charge in [0.25, 0.3) is 11.8 Å². The molecule has 0 saturated heterocycles. The number of Topliss-reactive ketones (excluding diaryl/α,β-unsaturated/α-hetero) is 1. The van der Waals surface area contributed by atoms with E-state index in [9.17, 15) is 14.4 Å². The third kappa shape index (κ3) is 4.59. The summed E-state index contributed by atoms with van der Waals surface area (Å²) in [4.78, 5) is 35.6. The lowest BCUT2D eigenvalue weighted by molar-refractivity contribution is -0.111. The Morgan fingerprint density at radius 2 is 1.93 bits per heavy atom. The number of amides is 2. The van der Waals surface area contributed by atoms with Crippen LogP contribution in [-0.4, -0.2) is 31.3 Å². The molecule has 0 atom stereocenters. The fraction of sp³-hybridized carbons (Fsp3) is 0.250. The van der Waals surface area contributed by atoms with Gasteiger partial charge in [0.1, 0.15) is 11.3 Å².